The smallest absolute Gasteiger partial charge is 0.242 e. The quantitative estimate of drug-likeness (QED) is 0.287. The van der Waals surface area contributed by atoms with Crippen LogP contribution in [0.2, 0.25) is 0 Å². The molecule has 3 rings (SSSR count). The number of hydrogen-bond acceptors (Lipinski definition) is 6. The number of methoxy groups -OCH3 is 1. The SMILES string of the molecule is COc1ccc(CC(=O)Nc2ccc(NC(=O)[C@@H](N)CS)cc2C(=O)c2ccccc2)cc1. The van der Waals surface area contributed by atoms with Crippen LogP contribution < -0.4 is 21.1 Å². The van der Waals surface area contributed by atoms with E-state index in [0.717, 1.165) is 5.56 Å². The highest BCUT2D eigenvalue weighted by Crippen LogP contribution is 2.24. The molecule has 0 bridgehead atoms. The van der Waals surface area contributed by atoms with Gasteiger partial charge in [0, 0.05) is 22.6 Å². The van der Waals surface area contributed by atoms with Crippen LogP contribution in [0.3, 0.4) is 0 Å². The lowest BCUT2D eigenvalue weighted by Gasteiger charge is -2.15. The summed E-state index contributed by atoms with van der Waals surface area (Å²) in [5.41, 5.74) is 7.97. The van der Waals surface area contributed by atoms with E-state index in [1.807, 2.05) is 6.07 Å². The van der Waals surface area contributed by atoms with Crippen LogP contribution >= 0.6 is 12.6 Å². The summed E-state index contributed by atoms with van der Waals surface area (Å²) in [5, 5.41) is 5.49. The van der Waals surface area contributed by atoms with E-state index >= 15 is 0 Å². The molecule has 8 heteroatoms. The van der Waals surface area contributed by atoms with Crippen LogP contribution in [0.5, 0.6) is 5.75 Å². The number of anilines is 2. The van der Waals surface area contributed by atoms with Gasteiger partial charge in [-0.3, -0.25) is 14.4 Å². The topological polar surface area (TPSA) is 111 Å². The largest absolute Gasteiger partial charge is 0.497 e. The van der Waals surface area contributed by atoms with Gasteiger partial charge in [0.2, 0.25) is 11.8 Å². The van der Waals surface area contributed by atoms with Gasteiger partial charge in [0.15, 0.2) is 5.78 Å². The standard InChI is InChI=1S/C25H25N3O4S/c1-32-19-10-7-16(8-11-19)13-23(29)28-22-12-9-18(27-25(31)21(26)15-33)14-20(22)24(30)17-5-3-2-4-6-17/h2-12,14,21,33H,13,15,26H2,1H3,(H,27,31)(H,28,29)/t21-/m0/s1. The molecular formula is C25H25N3O4S. The highest BCUT2D eigenvalue weighted by atomic mass is 32.1. The molecule has 0 aliphatic rings. The number of rotatable bonds is 9. The molecule has 0 spiro atoms. The van der Waals surface area contributed by atoms with Crippen molar-refractivity contribution < 1.29 is 19.1 Å². The van der Waals surface area contributed by atoms with Gasteiger partial charge in [0.25, 0.3) is 0 Å². The maximum Gasteiger partial charge on any atom is 0.242 e. The molecule has 170 valence electrons. The van der Waals surface area contributed by atoms with Crippen LogP contribution in [-0.4, -0.2) is 36.5 Å². The lowest BCUT2D eigenvalue weighted by molar-refractivity contribution is -0.117. The van der Waals surface area contributed by atoms with Crippen molar-refractivity contribution in [3.8, 4) is 5.75 Å². The Morgan fingerprint density at radius 2 is 1.67 bits per heavy atom. The summed E-state index contributed by atoms with van der Waals surface area (Å²) >= 11 is 4.03. The molecule has 3 aromatic carbocycles. The van der Waals surface area contributed by atoms with Gasteiger partial charge < -0.3 is 21.1 Å². The zero-order valence-electron chi connectivity index (χ0n) is 18.1. The van der Waals surface area contributed by atoms with Crippen LogP contribution in [0.15, 0.2) is 72.8 Å². The lowest BCUT2D eigenvalue weighted by Crippen LogP contribution is -2.37. The Labute approximate surface area is 197 Å². The summed E-state index contributed by atoms with van der Waals surface area (Å²) in [4.78, 5) is 38.0. The predicted molar refractivity (Wildman–Crippen MR) is 132 cm³/mol. The third-order valence-corrected chi connectivity index (χ3v) is 5.29. The van der Waals surface area contributed by atoms with Crippen LogP contribution in [0.4, 0.5) is 11.4 Å². The number of amides is 2. The van der Waals surface area contributed by atoms with Crippen LogP contribution in [0, 0.1) is 0 Å². The number of hydrogen-bond donors (Lipinski definition) is 4. The molecule has 2 amide bonds. The van der Waals surface area contributed by atoms with E-state index in [-0.39, 0.29) is 29.4 Å². The molecule has 3 aromatic rings. The number of carbonyl (C=O) groups excluding carboxylic acids is 3. The van der Waals surface area contributed by atoms with Crippen molar-refractivity contribution in [1.29, 1.82) is 0 Å². The fraction of sp³-hybridized carbons (Fsp3) is 0.160. The van der Waals surface area contributed by atoms with Crippen molar-refractivity contribution in [3.05, 3.63) is 89.5 Å². The van der Waals surface area contributed by atoms with Gasteiger partial charge >= 0.3 is 0 Å². The van der Waals surface area contributed by atoms with E-state index in [1.54, 1.807) is 67.8 Å². The number of benzene rings is 3. The third kappa shape index (κ3) is 6.44. The second-order valence-corrected chi connectivity index (χ2v) is 7.67. The Morgan fingerprint density at radius 3 is 2.30 bits per heavy atom. The Hall–Kier alpha value is -3.62. The second-order valence-electron chi connectivity index (χ2n) is 7.31. The fourth-order valence-corrected chi connectivity index (χ4v) is 3.27. The third-order valence-electron chi connectivity index (χ3n) is 4.90. The molecule has 0 unspecified atom stereocenters. The molecule has 0 saturated heterocycles. The highest BCUT2D eigenvalue weighted by molar-refractivity contribution is 7.80. The molecule has 0 aliphatic heterocycles. The summed E-state index contributed by atoms with van der Waals surface area (Å²) in [6.07, 6.45) is 0.123. The van der Waals surface area contributed by atoms with E-state index in [0.29, 0.717) is 22.7 Å². The van der Waals surface area contributed by atoms with Gasteiger partial charge in [-0.1, -0.05) is 42.5 Å². The zero-order chi connectivity index (χ0) is 23.8. The van der Waals surface area contributed by atoms with E-state index in [1.165, 1.54) is 6.07 Å². The minimum Gasteiger partial charge on any atom is -0.497 e. The number of thiol groups is 1. The Balaban J connectivity index is 1.86. The maximum absolute atomic E-state index is 13.2. The lowest BCUT2D eigenvalue weighted by atomic mass is 10.0. The van der Waals surface area contributed by atoms with Crippen molar-refractivity contribution in [3.63, 3.8) is 0 Å². The van der Waals surface area contributed by atoms with Gasteiger partial charge in [0.05, 0.1) is 25.3 Å². The summed E-state index contributed by atoms with van der Waals surface area (Å²) in [6.45, 7) is 0. The molecular weight excluding hydrogens is 438 g/mol. The van der Waals surface area contributed by atoms with Crippen molar-refractivity contribution >= 4 is 41.6 Å². The molecule has 1 atom stereocenters. The van der Waals surface area contributed by atoms with Crippen molar-refractivity contribution in [2.45, 2.75) is 12.5 Å². The predicted octanol–water partition coefficient (Wildman–Crippen LogP) is 3.30. The zero-order valence-corrected chi connectivity index (χ0v) is 19.0. The van der Waals surface area contributed by atoms with Crippen molar-refractivity contribution in [2.24, 2.45) is 5.73 Å². The van der Waals surface area contributed by atoms with Gasteiger partial charge in [-0.15, -0.1) is 0 Å². The first-order chi connectivity index (χ1) is 15.9. The average Bonchev–Trinajstić information content (AvgIpc) is 2.84. The van der Waals surface area contributed by atoms with E-state index in [9.17, 15) is 14.4 Å². The van der Waals surface area contributed by atoms with Gasteiger partial charge in [-0.05, 0) is 35.9 Å². The first kappa shape index (κ1) is 24.0. The minimum absolute atomic E-state index is 0.123. The number of ketones is 1. The van der Waals surface area contributed by atoms with Gasteiger partial charge in [-0.25, -0.2) is 0 Å². The van der Waals surface area contributed by atoms with E-state index in [2.05, 4.69) is 23.3 Å². The summed E-state index contributed by atoms with van der Waals surface area (Å²) in [6, 6.07) is 19.8. The molecule has 0 aromatic heterocycles. The van der Waals surface area contributed by atoms with Crippen LogP contribution in [-0.2, 0) is 16.0 Å². The summed E-state index contributed by atoms with van der Waals surface area (Å²) in [5.74, 6) is -0.105. The molecule has 0 radical (unpaired) electrons. The average molecular weight is 464 g/mol. The number of ether oxygens (including phenoxy) is 1. The van der Waals surface area contributed by atoms with E-state index < -0.39 is 11.9 Å². The number of carbonyl (C=O) groups is 3. The molecule has 4 N–H and O–H groups in total. The monoisotopic (exact) mass is 463 g/mol. The summed E-state index contributed by atoms with van der Waals surface area (Å²) < 4.78 is 5.13. The Morgan fingerprint density at radius 1 is 0.970 bits per heavy atom. The number of nitrogens with one attached hydrogen (secondary N) is 2. The minimum atomic E-state index is -0.787. The van der Waals surface area contributed by atoms with Crippen LogP contribution in [0.1, 0.15) is 21.5 Å². The van der Waals surface area contributed by atoms with E-state index in [4.69, 9.17) is 10.5 Å². The van der Waals surface area contributed by atoms with Crippen molar-refractivity contribution in [2.75, 3.05) is 23.5 Å². The maximum atomic E-state index is 13.2. The molecule has 0 saturated carbocycles. The molecule has 0 fully saturated rings. The Kier molecular flexibility index (Phi) is 8.23. The van der Waals surface area contributed by atoms with Gasteiger partial charge in [-0.2, -0.15) is 12.6 Å². The normalized spacial score (nSPS) is 11.4. The summed E-state index contributed by atoms with van der Waals surface area (Å²) in [7, 11) is 1.57. The molecule has 33 heavy (non-hydrogen) atoms. The first-order valence-electron chi connectivity index (χ1n) is 10.2. The number of nitrogens with two attached hydrogens (primary N) is 1. The van der Waals surface area contributed by atoms with Crippen LogP contribution in [0.25, 0.3) is 0 Å². The Bertz CT molecular complexity index is 1130. The first-order valence-corrected chi connectivity index (χ1v) is 10.9. The fourth-order valence-electron chi connectivity index (χ4n) is 3.10. The molecule has 0 heterocycles. The molecule has 7 nitrogen and oxygen atoms in total. The second kappa shape index (κ2) is 11.3. The molecule has 0 aliphatic carbocycles. The van der Waals surface area contributed by atoms with Crippen molar-refractivity contribution in [1.82, 2.24) is 0 Å². The highest BCUT2D eigenvalue weighted by Gasteiger charge is 2.18. The van der Waals surface area contributed by atoms with Gasteiger partial charge in [0.1, 0.15) is 5.75 Å².